The van der Waals surface area contributed by atoms with Gasteiger partial charge < -0.3 is 13.9 Å². The third-order valence-corrected chi connectivity index (χ3v) is 15.0. The number of fused-ring (bicyclic) bond motifs is 20. The molecule has 0 radical (unpaired) electrons. The van der Waals surface area contributed by atoms with Gasteiger partial charge in [-0.05, 0) is 128 Å². The maximum absolute atomic E-state index is 7.49. The van der Waals surface area contributed by atoms with Crippen molar-refractivity contribution >= 4 is 71.6 Å². The third kappa shape index (κ3) is 4.97. The molecule has 1 atom stereocenters. The number of benzene rings is 11. The monoisotopic (exact) mass is 864 g/mol. The van der Waals surface area contributed by atoms with Gasteiger partial charge in [0.25, 0.3) is 0 Å². The van der Waals surface area contributed by atoms with E-state index >= 15 is 0 Å². The number of hydrogen-bond donors (Lipinski definition) is 0. The molecule has 11 aromatic carbocycles. The molecule has 0 bridgehead atoms. The summed E-state index contributed by atoms with van der Waals surface area (Å²) in [6, 6.07) is 89.0. The molecule has 2 heterocycles. The predicted molar refractivity (Wildman–Crippen MR) is 282 cm³/mol. The molecule has 3 heteroatoms. The summed E-state index contributed by atoms with van der Waals surface area (Å²) in [5.74, 6) is 0. The summed E-state index contributed by atoms with van der Waals surface area (Å²) in [6.45, 7) is 0. The zero-order valence-electron chi connectivity index (χ0n) is 36.9. The lowest BCUT2D eigenvalue weighted by atomic mass is 9.69. The molecule has 0 fully saturated rings. The van der Waals surface area contributed by atoms with Gasteiger partial charge in [-0.2, -0.15) is 0 Å². The topological polar surface area (TPSA) is 21.3 Å². The van der Waals surface area contributed by atoms with E-state index in [1.807, 2.05) is 0 Å². The highest BCUT2D eigenvalue weighted by molar-refractivity contribution is 6.25. The van der Waals surface area contributed by atoms with Crippen LogP contribution in [0.2, 0.25) is 0 Å². The maximum Gasteiger partial charge on any atom is 0.145 e. The minimum Gasteiger partial charge on any atom is -0.455 e. The molecule has 68 heavy (non-hydrogen) atoms. The van der Waals surface area contributed by atoms with Crippen molar-refractivity contribution in [1.29, 1.82) is 0 Å². The summed E-state index contributed by atoms with van der Waals surface area (Å²) in [5, 5.41) is 7.07. The van der Waals surface area contributed by atoms with E-state index in [4.69, 9.17) is 4.42 Å². The van der Waals surface area contributed by atoms with E-state index in [2.05, 4.69) is 252 Å². The Labute approximate surface area is 393 Å². The summed E-state index contributed by atoms with van der Waals surface area (Å²) < 4.78 is 9.86. The highest BCUT2D eigenvalue weighted by Crippen LogP contribution is 2.66. The summed E-state index contributed by atoms with van der Waals surface area (Å²) in [4.78, 5) is 2.41. The maximum atomic E-state index is 7.49. The fourth-order valence-corrected chi connectivity index (χ4v) is 12.2. The van der Waals surface area contributed by atoms with Crippen LogP contribution in [0.15, 0.2) is 247 Å². The molecule has 1 spiro atoms. The van der Waals surface area contributed by atoms with E-state index in [1.54, 1.807) is 0 Å². The van der Waals surface area contributed by atoms with Gasteiger partial charge in [-0.25, -0.2) is 0 Å². The first-order valence-corrected chi connectivity index (χ1v) is 23.5. The van der Waals surface area contributed by atoms with Crippen LogP contribution in [0, 0.1) is 0 Å². The van der Waals surface area contributed by atoms with E-state index in [1.165, 1.54) is 71.8 Å². The molecule has 2 aliphatic rings. The fraction of sp³-hybridized carbons (Fsp3) is 0.0154. The van der Waals surface area contributed by atoms with Crippen LogP contribution in [0.1, 0.15) is 22.3 Å². The van der Waals surface area contributed by atoms with Gasteiger partial charge in [-0.1, -0.05) is 176 Å². The number of anilines is 3. The second kappa shape index (κ2) is 14.0. The van der Waals surface area contributed by atoms with E-state index < -0.39 is 5.41 Å². The lowest BCUT2D eigenvalue weighted by Gasteiger charge is -2.33. The van der Waals surface area contributed by atoms with Crippen LogP contribution in [-0.4, -0.2) is 4.57 Å². The molecular formula is C65H40N2O. The van der Waals surface area contributed by atoms with Crippen LogP contribution in [0.3, 0.4) is 0 Å². The normalized spacial score (nSPS) is 14.5. The minimum absolute atomic E-state index is 0.640. The Morgan fingerprint density at radius 2 is 1.00 bits per heavy atom. The summed E-state index contributed by atoms with van der Waals surface area (Å²) in [7, 11) is 0. The van der Waals surface area contributed by atoms with Crippen molar-refractivity contribution in [1.82, 2.24) is 4.57 Å². The standard InChI is InChI=1S/C65H40N2O/c1-4-16-41(17-5-1)42-28-31-46(32-29-42)66(44-19-6-2-7-20-44)47-33-35-49-50-34-30-43-18-10-11-23-48(43)62(50)65(57(49)40-47)55-26-14-12-24-53(55)60-56(65)38-36-51-52-37-39-59-61(64(52)68-63(51)60)54-25-13-15-27-58(54)67(59)45-21-8-3-9-22-45/h1-40H. The zero-order valence-corrected chi connectivity index (χ0v) is 36.9. The first-order chi connectivity index (χ1) is 33.8. The van der Waals surface area contributed by atoms with Crippen molar-refractivity contribution in [2.45, 2.75) is 5.41 Å². The van der Waals surface area contributed by atoms with Crippen LogP contribution in [0.5, 0.6) is 0 Å². The van der Waals surface area contributed by atoms with Crippen molar-refractivity contribution in [2.24, 2.45) is 0 Å². The van der Waals surface area contributed by atoms with Gasteiger partial charge in [0.15, 0.2) is 0 Å². The number of para-hydroxylation sites is 3. The summed E-state index contributed by atoms with van der Waals surface area (Å²) >= 11 is 0. The molecule has 0 saturated carbocycles. The van der Waals surface area contributed by atoms with Gasteiger partial charge in [0.05, 0.1) is 21.8 Å². The van der Waals surface area contributed by atoms with Gasteiger partial charge in [-0.15, -0.1) is 0 Å². The summed E-state index contributed by atoms with van der Waals surface area (Å²) in [6.07, 6.45) is 0. The molecule has 0 N–H and O–H groups in total. The highest BCUT2D eigenvalue weighted by Gasteiger charge is 2.53. The highest BCUT2D eigenvalue weighted by atomic mass is 16.3. The van der Waals surface area contributed by atoms with Gasteiger partial charge in [-0.3, -0.25) is 0 Å². The molecule has 2 aromatic heterocycles. The Kier molecular flexibility index (Phi) is 7.71. The minimum atomic E-state index is -0.640. The SMILES string of the molecule is c1ccc(-c2ccc(N(c3ccccc3)c3ccc4c(c3)C3(c5ccccc5-c5c3ccc3c5oc5c3ccc3c5c5ccccc5n3-c3ccccc3)c3c-4ccc4ccccc34)cc2)cc1. The quantitative estimate of drug-likeness (QED) is 0.172. The number of aromatic nitrogens is 1. The largest absolute Gasteiger partial charge is 0.455 e. The Hall–Kier alpha value is -8.92. The Morgan fingerprint density at radius 3 is 1.84 bits per heavy atom. The van der Waals surface area contributed by atoms with Crippen LogP contribution >= 0.6 is 0 Å². The second-order valence-corrected chi connectivity index (χ2v) is 18.3. The number of nitrogens with zero attached hydrogens (tertiary/aromatic N) is 2. The second-order valence-electron chi connectivity index (χ2n) is 18.3. The Balaban J connectivity index is 1.02. The average molecular weight is 865 g/mol. The molecule has 0 saturated heterocycles. The van der Waals surface area contributed by atoms with Crippen LogP contribution < -0.4 is 4.90 Å². The molecule has 3 nitrogen and oxygen atoms in total. The number of furan rings is 1. The first-order valence-electron chi connectivity index (χ1n) is 23.5. The molecular weight excluding hydrogens is 825 g/mol. The summed E-state index contributed by atoms with van der Waals surface area (Å²) in [5.41, 5.74) is 20.4. The molecule has 316 valence electrons. The number of hydrogen-bond acceptors (Lipinski definition) is 2. The molecule has 15 rings (SSSR count). The lowest BCUT2D eigenvalue weighted by Crippen LogP contribution is -2.26. The van der Waals surface area contributed by atoms with Crippen molar-refractivity contribution in [3.8, 4) is 39.1 Å². The number of rotatable bonds is 5. The third-order valence-electron chi connectivity index (χ3n) is 15.0. The fourth-order valence-electron chi connectivity index (χ4n) is 12.2. The van der Waals surface area contributed by atoms with Gasteiger partial charge >= 0.3 is 0 Å². The molecule has 0 aliphatic heterocycles. The van der Waals surface area contributed by atoms with Gasteiger partial charge in [0.1, 0.15) is 11.2 Å². The van der Waals surface area contributed by atoms with Crippen LogP contribution in [-0.2, 0) is 5.41 Å². The van der Waals surface area contributed by atoms with Crippen molar-refractivity contribution in [3.05, 3.63) is 265 Å². The lowest BCUT2D eigenvalue weighted by molar-refractivity contribution is 0.673. The van der Waals surface area contributed by atoms with Crippen LogP contribution in [0.4, 0.5) is 17.1 Å². The molecule has 1 unspecified atom stereocenters. The van der Waals surface area contributed by atoms with Gasteiger partial charge in [0.2, 0.25) is 0 Å². The first kappa shape index (κ1) is 37.3. The van der Waals surface area contributed by atoms with Crippen LogP contribution in [0.25, 0.3) is 93.6 Å². The van der Waals surface area contributed by atoms with Crippen molar-refractivity contribution < 1.29 is 4.42 Å². The van der Waals surface area contributed by atoms with Crippen molar-refractivity contribution in [3.63, 3.8) is 0 Å². The van der Waals surface area contributed by atoms with E-state index in [0.717, 1.165) is 61.1 Å². The van der Waals surface area contributed by atoms with E-state index in [9.17, 15) is 0 Å². The van der Waals surface area contributed by atoms with E-state index in [0.29, 0.717) is 0 Å². The smallest absolute Gasteiger partial charge is 0.145 e. The molecule has 0 amide bonds. The predicted octanol–water partition coefficient (Wildman–Crippen LogP) is 17.3. The Morgan fingerprint density at radius 1 is 0.368 bits per heavy atom. The van der Waals surface area contributed by atoms with Crippen molar-refractivity contribution in [2.75, 3.05) is 4.90 Å². The van der Waals surface area contributed by atoms with E-state index in [-0.39, 0.29) is 0 Å². The molecule has 13 aromatic rings. The Bertz CT molecular complexity index is 4190. The van der Waals surface area contributed by atoms with Gasteiger partial charge in [0, 0.05) is 44.5 Å². The average Bonchev–Trinajstić information content (AvgIpc) is 4.13. The zero-order chi connectivity index (χ0) is 44.5. The molecule has 2 aliphatic carbocycles.